The van der Waals surface area contributed by atoms with Crippen LogP contribution in [0.15, 0.2) is 6.20 Å². The number of amides is 1. The third-order valence-electron chi connectivity index (χ3n) is 6.22. The molecule has 0 spiro atoms. The van der Waals surface area contributed by atoms with Crippen molar-refractivity contribution in [3.05, 3.63) is 17.5 Å². The van der Waals surface area contributed by atoms with Gasteiger partial charge in [0, 0.05) is 38.1 Å². The molecule has 1 aliphatic carbocycles. The summed E-state index contributed by atoms with van der Waals surface area (Å²) in [7, 11) is 0. The van der Waals surface area contributed by atoms with Gasteiger partial charge in [0.2, 0.25) is 0 Å². The van der Waals surface area contributed by atoms with Gasteiger partial charge in [-0.05, 0) is 37.2 Å². The molecule has 5 nitrogen and oxygen atoms in total. The average molecular weight is 363 g/mol. The topological polar surface area (TPSA) is 52.2 Å². The number of hydrogen-bond donors (Lipinski definition) is 1. The van der Waals surface area contributed by atoms with Crippen molar-refractivity contribution >= 4 is 17.7 Å². The van der Waals surface area contributed by atoms with Crippen molar-refractivity contribution in [2.75, 3.05) is 37.7 Å². The predicted octanol–water partition coefficient (Wildman–Crippen LogP) is 3.11. The van der Waals surface area contributed by atoms with Crippen LogP contribution < -0.4 is 0 Å². The van der Waals surface area contributed by atoms with E-state index < -0.39 is 0 Å². The minimum absolute atomic E-state index is 0.188. The molecule has 1 saturated carbocycles. The molecule has 1 N–H and O–H groups in total. The maximum atomic E-state index is 13.1. The maximum Gasteiger partial charge on any atom is 0.257 e. The molecule has 0 aromatic carbocycles. The molecule has 25 heavy (non-hydrogen) atoms. The second-order valence-corrected chi connectivity index (χ2v) is 8.93. The Morgan fingerprint density at radius 3 is 2.48 bits per heavy atom. The lowest BCUT2D eigenvalue weighted by atomic mass is 9.85. The molecule has 3 fully saturated rings. The third-order valence-corrected chi connectivity index (χ3v) is 7.27. The molecule has 1 amide bonds. The number of H-pyrrole nitrogens is 1. The van der Waals surface area contributed by atoms with Crippen LogP contribution in [0.2, 0.25) is 0 Å². The first-order valence-corrected chi connectivity index (χ1v) is 11.1. The maximum absolute atomic E-state index is 13.1. The number of thioether (sulfide) groups is 1. The van der Waals surface area contributed by atoms with E-state index in [0.29, 0.717) is 5.92 Å². The van der Waals surface area contributed by atoms with Gasteiger partial charge in [-0.3, -0.25) is 14.8 Å². The third kappa shape index (κ3) is 3.90. The monoisotopic (exact) mass is 362 g/mol. The van der Waals surface area contributed by atoms with Crippen LogP contribution >= 0.6 is 11.8 Å². The van der Waals surface area contributed by atoms with Crippen molar-refractivity contribution in [2.45, 2.75) is 56.9 Å². The number of aromatic nitrogens is 2. The minimum Gasteiger partial charge on any atom is -0.336 e. The Balaban J connectivity index is 1.37. The number of piperazine rings is 1. The fourth-order valence-electron chi connectivity index (χ4n) is 4.68. The smallest absolute Gasteiger partial charge is 0.257 e. The first-order valence-electron chi connectivity index (χ1n) is 9.97. The van der Waals surface area contributed by atoms with E-state index in [1.165, 1.54) is 56.5 Å². The van der Waals surface area contributed by atoms with Gasteiger partial charge in [0.25, 0.3) is 5.91 Å². The van der Waals surface area contributed by atoms with Crippen LogP contribution in [0, 0.1) is 0 Å². The fourth-order valence-corrected chi connectivity index (χ4v) is 5.76. The van der Waals surface area contributed by atoms with E-state index >= 15 is 0 Å². The van der Waals surface area contributed by atoms with Gasteiger partial charge in [-0.2, -0.15) is 16.9 Å². The molecule has 1 aromatic rings. The lowest BCUT2D eigenvalue weighted by Gasteiger charge is -2.40. The molecule has 138 valence electrons. The van der Waals surface area contributed by atoms with Gasteiger partial charge >= 0.3 is 0 Å². The lowest BCUT2D eigenvalue weighted by molar-refractivity contribution is 0.0557. The summed E-state index contributed by atoms with van der Waals surface area (Å²) in [6, 6.07) is 0.741. The van der Waals surface area contributed by atoms with Gasteiger partial charge < -0.3 is 4.90 Å². The van der Waals surface area contributed by atoms with Crippen LogP contribution in [0.1, 0.15) is 66.9 Å². The summed E-state index contributed by atoms with van der Waals surface area (Å²) in [5, 5.41) is 7.36. The second-order valence-electron chi connectivity index (χ2n) is 7.70. The van der Waals surface area contributed by atoms with E-state index in [1.54, 1.807) is 6.20 Å². The van der Waals surface area contributed by atoms with Crippen molar-refractivity contribution in [1.82, 2.24) is 20.0 Å². The highest BCUT2D eigenvalue weighted by Gasteiger charge is 2.30. The summed E-state index contributed by atoms with van der Waals surface area (Å²) in [6.45, 7) is 3.77. The van der Waals surface area contributed by atoms with Gasteiger partial charge in [-0.1, -0.05) is 19.3 Å². The van der Waals surface area contributed by atoms with E-state index in [0.717, 1.165) is 43.5 Å². The quantitative estimate of drug-likeness (QED) is 0.898. The van der Waals surface area contributed by atoms with Gasteiger partial charge in [-0.25, -0.2) is 0 Å². The van der Waals surface area contributed by atoms with Crippen LogP contribution in [-0.4, -0.2) is 69.6 Å². The molecule has 1 aromatic heterocycles. The SMILES string of the molecule is O=C(c1cn[nH]c1C1CCCCC1)N1CCN(C2CCSCC2)CC1. The number of carbonyl (C=O) groups is 1. The number of rotatable bonds is 3. The number of aromatic amines is 1. The first-order chi connectivity index (χ1) is 12.3. The summed E-state index contributed by atoms with van der Waals surface area (Å²) >= 11 is 2.08. The lowest BCUT2D eigenvalue weighted by Crippen LogP contribution is -2.52. The number of nitrogens with zero attached hydrogens (tertiary/aromatic N) is 3. The Hall–Kier alpha value is -1.01. The normalized spacial score (nSPS) is 24.6. The van der Waals surface area contributed by atoms with Crippen LogP contribution in [0.3, 0.4) is 0 Å². The second kappa shape index (κ2) is 8.12. The molecular weight excluding hydrogens is 332 g/mol. The molecule has 6 heteroatoms. The highest BCUT2D eigenvalue weighted by atomic mass is 32.2. The highest BCUT2D eigenvalue weighted by molar-refractivity contribution is 7.99. The highest BCUT2D eigenvalue weighted by Crippen LogP contribution is 2.33. The number of hydrogen-bond acceptors (Lipinski definition) is 4. The van der Waals surface area contributed by atoms with Crippen molar-refractivity contribution in [3.8, 4) is 0 Å². The van der Waals surface area contributed by atoms with Crippen molar-refractivity contribution in [3.63, 3.8) is 0 Å². The van der Waals surface area contributed by atoms with Crippen LogP contribution in [0.4, 0.5) is 0 Å². The molecule has 0 bridgehead atoms. The van der Waals surface area contributed by atoms with E-state index in [4.69, 9.17) is 0 Å². The largest absolute Gasteiger partial charge is 0.336 e. The summed E-state index contributed by atoms with van der Waals surface area (Å²) in [4.78, 5) is 17.7. The molecule has 0 radical (unpaired) electrons. The van der Waals surface area contributed by atoms with Crippen molar-refractivity contribution < 1.29 is 4.79 Å². The van der Waals surface area contributed by atoms with E-state index in [9.17, 15) is 4.79 Å². The standard InChI is InChI=1S/C19H30N4OS/c24-19(17-14-20-21-18(17)15-4-2-1-3-5-15)23-10-8-22(9-11-23)16-6-12-25-13-7-16/h14-16H,1-13H2,(H,20,21). The summed E-state index contributed by atoms with van der Waals surface area (Å²) in [5.74, 6) is 3.28. The summed E-state index contributed by atoms with van der Waals surface area (Å²) in [6.07, 6.45) is 10.6. The van der Waals surface area contributed by atoms with Gasteiger partial charge in [0.1, 0.15) is 0 Å². The van der Waals surface area contributed by atoms with Gasteiger partial charge in [0.15, 0.2) is 0 Å². The van der Waals surface area contributed by atoms with Crippen molar-refractivity contribution in [1.29, 1.82) is 0 Å². The minimum atomic E-state index is 0.188. The molecule has 2 saturated heterocycles. The average Bonchev–Trinajstić information content (AvgIpc) is 3.19. The molecule has 3 aliphatic rings. The zero-order valence-corrected chi connectivity index (χ0v) is 15.9. The number of nitrogens with one attached hydrogen (secondary N) is 1. The summed E-state index contributed by atoms with van der Waals surface area (Å²) < 4.78 is 0. The molecule has 0 atom stereocenters. The molecular formula is C19H30N4OS. The molecule has 2 aliphatic heterocycles. The summed E-state index contributed by atoms with van der Waals surface area (Å²) in [5.41, 5.74) is 1.92. The number of carbonyl (C=O) groups excluding carboxylic acids is 1. The molecule has 0 unspecified atom stereocenters. The Labute approximate surface area is 154 Å². The molecule has 4 rings (SSSR count). The van der Waals surface area contributed by atoms with Gasteiger partial charge in [-0.15, -0.1) is 0 Å². The Kier molecular flexibility index (Phi) is 5.66. The Morgan fingerprint density at radius 2 is 1.76 bits per heavy atom. The van der Waals surface area contributed by atoms with Crippen LogP contribution in [0.5, 0.6) is 0 Å². The van der Waals surface area contributed by atoms with E-state index in [-0.39, 0.29) is 5.91 Å². The van der Waals surface area contributed by atoms with E-state index in [2.05, 4.69) is 26.9 Å². The van der Waals surface area contributed by atoms with Gasteiger partial charge in [0.05, 0.1) is 17.5 Å². The predicted molar refractivity (Wildman–Crippen MR) is 102 cm³/mol. The zero-order chi connectivity index (χ0) is 17.1. The fraction of sp³-hybridized carbons (Fsp3) is 0.789. The molecule has 3 heterocycles. The van der Waals surface area contributed by atoms with Crippen molar-refractivity contribution in [2.24, 2.45) is 0 Å². The Bertz CT molecular complexity index is 570. The Morgan fingerprint density at radius 1 is 1.04 bits per heavy atom. The first kappa shape index (κ1) is 17.4. The van der Waals surface area contributed by atoms with E-state index in [1.807, 2.05) is 4.90 Å². The van der Waals surface area contributed by atoms with Crippen LogP contribution in [0.25, 0.3) is 0 Å². The van der Waals surface area contributed by atoms with Crippen LogP contribution in [-0.2, 0) is 0 Å². The zero-order valence-electron chi connectivity index (χ0n) is 15.1.